The topological polar surface area (TPSA) is 64.2 Å². The van der Waals surface area contributed by atoms with Gasteiger partial charge in [0, 0.05) is 6.07 Å². The second kappa shape index (κ2) is 5.66. The van der Waals surface area contributed by atoms with E-state index in [9.17, 15) is 4.79 Å². The minimum atomic E-state index is -0.235. The number of rotatable bonds is 4. The largest absolute Gasteiger partial charge is 0.489 e. The maximum Gasteiger partial charge on any atom is 0.280 e. The molecule has 0 radical (unpaired) electrons. The summed E-state index contributed by atoms with van der Waals surface area (Å²) in [5, 5.41) is 7.19. The highest BCUT2D eigenvalue weighted by Gasteiger charge is 2.07. The van der Waals surface area contributed by atoms with E-state index in [4.69, 9.17) is 9.47 Å². The molecule has 0 amide bonds. The molecule has 5 nitrogen and oxygen atoms in total. The number of nitrogens with one attached hydrogen (secondary N) is 1. The summed E-state index contributed by atoms with van der Waals surface area (Å²) < 4.78 is 10.6. The number of aromatic amines is 1. The summed E-state index contributed by atoms with van der Waals surface area (Å²) in [6.45, 7) is 0.472. The van der Waals surface area contributed by atoms with Crippen LogP contribution in [0.2, 0.25) is 0 Å². The van der Waals surface area contributed by atoms with E-state index >= 15 is 0 Å². The van der Waals surface area contributed by atoms with Gasteiger partial charge in [0.05, 0.1) is 18.0 Å². The van der Waals surface area contributed by atoms with E-state index in [1.807, 2.05) is 30.3 Å². The summed E-state index contributed by atoms with van der Waals surface area (Å²) in [5.41, 5.74) is 1.46. The van der Waals surface area contributed by atoms with Crippen LogP contribution in [0.1, 0.15) is 5.56 Å². The maximum atomic E-state index is 12.0. The zero-order valence-electron chi connectivity index (χ0n) is 11.5. The van der Waals surface area contributed by atoms with Crippen molar-refractivity contribution in [3.05, 3.63) is 64.3 Å². The summed E-state index contributed by atoms with van der Waals surface area (Å²) >= 11 is 0. The standard InChI is InChI=1S/C16H14N2O3/c1-20-16-15(19)13-8-7-12(9-14(13)17-18-16)21-10-11-5-3-2-4-6-11/h2-9H,10H2,1H3,(H,17,19). The van der Waals surface area contributed by atoms with Crippen LogP contribution in [0.15, 0.2) is 53.3 Å². The van der Waals surface area contributed by atoms with Crippen molar-refractivity contribution in [3.8, 4) is 11.6 Å². The van der Waals surface area contributed by atoms with Crippen LogP contribution >= 0.6 is 0 Å². The van der Waals surface area contributed by atoms with E-state index < -0.39 is 0 Å². The third-order valence-electron chi connectivity index (χ3n) is 3.15. The van der Waals surface area contributed by atoms with Crippen LogP contribution in [-0.4, -0.2) is 17.3 Å². The fourth-order valence-corrected chi connectivity index (χ4v) is 2.06. The molecule has 1 heterocycles. The molecule has 0 spiro atoms. The van der Waals surface area contributed by atoms with Crippen LogP contribution in [0, 0.1) is 0 Å². The van der Waals surface area contributed by atoms with E-state index in [1.54, 1.807) is 18.2 Å². The Labute approximate surface area is 121 Å². The molecule has 3 rings (SSSR count). The first-order chi connectivity index (χ1) is 10.3. The predicted octanol–water partition coefficient (Wildman–Crippen LogP) is 2.51. The number of H-pyrrole nitrogens is 1. The smallest absolute Gasteiger partial charge is 0.280 e. The van der Waals surface area contributed by atoms with Crippen molar-refractivity contribution in [2.75, 3.05) is 7.11 Å². The van der Waals surface area contributed by atoms with Gasteiger partial charge in [0.2, 0.25) is 0 Å². The first-order valence-corrected chi connectivity index (χ1v) is 6.51. The number of nitrogens with zero attached hydrogens (tertiary/aromatic N) is 1. The predicted molar refractivity (Wildman–Crippen MR) is 79.7 cm³/mol. The van der Waals surface area contributed by atoms with Crippen LogP contribution in [0.5, 0.6) is 11.6 Å². The fraction of sp³-hybridized carbons (Fsp3) is 0.125. The molecule has 0 saturated carbocycles. The second-order valence-corrected chi connectivity index (χ2v) is 4.54. The lowest BCUT2D eigenvalue weighted by Gasteiger charge is -2.07. The first-order valence-electron chi connectivity index (χ1n) is 6.51. The molecule has 1 N–H and O–H groups in total. The molecule has 2 aromatic carbocycles. The van der Waals surface area contributed by atoms with Gasteiger partial charge in [-0.15, -0.1) is 5.10 Å². The summed E-state index contributed by atoms with van der Waals surface area (Å²) in [5.74, 6) is 0.731. The van der Waals surface area contributed by atoms with Crippen molar-refractivity contribution in [2.24, 2.45) is 0 Å². The molecule has 0 aliphatic rings. The number of methoxy groups -OCH3 is 1. The van der Waals surface area contributed by atoms with Crippen molar-refractivity contribution in [3.63, 3.8) is 0 Å². The van der Waals surface area contributed by atoms with Crippen LogP contribution in [0.25, 0.3) is 10.9 Å². The molecule has 0 bridgehead atoms. The van der Waals surface area contributed by atoms with Crippen molar-refractivity contribution in [1.82, 2.24) is 10.2 Å². The third-order valence-corrected chi connectivity index (χ3v) is 3.15. The van der Waals surface area contributed by atoms with Gasteiger partial charge in [0.15, 0.2) is 0 Å². The normalized spacial score (nSPS) is 10.5. The monoisotopic (exact) mass is 282 g/mol. The first kappa shape index (κ1) is 13.2. The Morgan fingerprint density at radius 2 is 1.95 bits per heavy atom. The van der Waals surface area contributed by atoms with Crippen molar-refractivity contribution in [2.45, 2.75) is 6.61 Å². The van der Waals surface area contributed by atoms with E-state index in [0.29, 0.717) is 23.3 Å². The Bertz CT molecular complexity index is 813. The molecule has 0 fully saturated rings. The lowest BCUT2D eigenvalue weighted by atomic mass is 10.2. The molecule has 0 aliphatic carbocycles. The quantitative estimate of drug-likeness (QED) is 0.798. The Balaban J connectivity index is 1.86. The van der Waals surface area contributed by atoms with Gasteiger partial charge in [-0.25, -0.2) is 0 Å². The van der Waals surface area contributed by atoms with Gasteiger partial charge in [-0.3, -0.25) is 9.89 Å². The third kappa shape index (κ3) is 2.72. The van der Waals surface area contributed by atoms with Crippen LogP contribution in [-0.2, 0) is 6.61 Å². The minimum absolute atomic E-state index is 0.0560. The SMILES string of the molecule is COc1n[nH]c2cc(OCc3ccccc3)ccc2c1=O. The Morgan fingerprint density at radius 1 is 1.14 bits per heavy atom. The van der Waals surface area contributed by atoms with Crippen LogP contribution in [0.3, 0.4) is 0 Å². The molecule has 0 aliphatic heterocycles. The van der Waals surface area contributed by atoms with E-state index in [1.165, 1.54) is 7.11 Å². The number of ether oxygens (including phenoxy) is 2. The van der Waals surface area contributed by atoms with E-state index in [2.05, 4.69) is 10.2 Å². The molecule has 0 saturated heterocycles. The van der Waals surface area contributed by atoms with Gasteiger partial charge in [-0.2, -0.15) is 0 Å². The molecule has 3 aromatic rings. The maximum absolute atomic E-state index is 12.0. The molecule has 106 valence electrons. The van der Waals surface area contributed by atoms with Gasteiger partial charge < -0.3 is 9.47 Å². The molecule has 0 unspecified atom stereocenters. The van der Waals surface area contributed by atoms with Gasteiger partial charge in [-0.05, 0) is 17.7 Å². The molecular weight excluding hydrogens is 268 g/mol. The lowest BCUT2D eigenvalue weighted by molar-refractivity contribution is 0.306. The summed E-state index contributed by atoms with van der Waals surface area (Å²) in [6.07, 6.45) is 0. The molecule has 0 atom stereocenters. The number of hydrogen-bond acceptors (Lipinski definition) is 4. The molecule has 21 heavy (non-hydrogen) atoms. The number of fused-ring (bicyclic) bond motifs is 1. The summed E-state index contributed by atoms with van der Waals surface area (Å²) in [6, 6.07) is 15.1. The Kier molecular flexibility index (Phi) is 3.55. The average Bonchev–Trinajstić information content (AvgIpc) is 2.54. The highest BCUT2D eigenvalue weighted by Crippen LogP contribution is 2.18. The van der Waals surface area contributed by atoms with Crippen molar-refractivity contribution >= 4 is 10.9 Å². The lowest BCUT2D eigenvalue weighted by Crippen LogP contribution is -2.09. The summed E-state index contributed by atoms with van der Waals surface area (Å²) in [4.78, 5) is 12.0. The highest BCUT2D eigenvalue weighted by atomic mass is 16.5. The van der Waals surface area contributed by atoms with Crippen LogP contribution < -0.4 is 14.9 Å². The van der Waals surface area contributed by atoms with E-state index in [0.717, 1.165) is 5.56 Å². The zero-order chi connectivity index (χ0) is 14.7. The van der Waals surface area contributed by atoms with Gasteiger partial charge in [-0.1, -0.05) is 30.3 Å². The number of aromatic nitrogens is 2. The highest BCUT2D eigenvalue weighted by molar-refractivity contribution is 5.80. The molecule has 1 aromatic heterocycles. The van der Waals surface area contributed by atoms with Gasteiger partial charge >= 0.3 is 0 Å². The second-order valence-electron chi connectivity index (χ2n) is 4.54. The Morgan fingerprint density at radius 3 is 2.71 bits per heavy atom. The van der Waals surface area contributed by atoms with E-state index in [-0.39, 0.29) is 11.3 Å². The van der Waals surface area contributed by atoms with Crippen molar-refractivity contribution < 1.29 is 9.47 Å². The number of benzene rings is 2. The van der Waals surface area contributed by atoms with Gasteiger partial charge in [0.1, 0.15) is 12.4 Å². The molecule has 5 heteroatoms. The zero-order valence-corrected chi connectivity index (χ0v) is 11.5. The van der Waals surface area contributed by atoms with Crippen LogP contribution in [0.4, 0.5) is 0 Å². The molecular formula is C16H14N2O3. The Hall–Kier alpha value is -2.82. The minimum Gasteiger partial charge on any atom is -0.489 e. The van der Waals surface area contributed by atoms with Gasteiger partial charge in [0.25, 0.3) is 11.3 Å². The summed E-state index contributed by atoms with van der Waals surface area (Å²) in [7, 11) is 1.42. The number of hydrogen-bond donors (Lipinski definition) is 1. The average molecular weight is 282 g/mol. The fourth-order valence-electron chi connectivity index (χ4n) is 2.06. The van der Waals surface area contributed by atoms with Crippen molar-refractivity contribution in [1.29, 1.82) is 0 Å².